The highest BCUT2D eigenvalue weighted by atomic mass is 31.2. The summed E-state index contributed by atoms with van der Waals surface area (Å²) in [5.74, 6) is -1.49. The third kappa shape index (κ3) is 53.7. The number of hydrogen-bond donors (Lipinski definition) is 2. The molecule has 0 aromatic heterocycles. The first kappa shape index (κ1) is 70.9. The third-order valence-corrected chi connectivity index (χ3v) is 13.6. The zero-order valence-electron chi connectivity index (χ0n) is 47.3. The van der Waals surface area contributed by atoms with E-state index in [0.29, 0.717) is 19.3 Å². The van der Waals surface area contributed by atoms with Gasteiger partial charge in [0.25, 0.3) is 0 Å². The Morgan fingerprint density at radius 1 is 0.392 bits per heavy atom. The van der Waals surface area contributed by atoms with Crippen molar-refractivity contribution in [3.63, 3.8) is 0 Å². The number of carbonyl (C=O) groups is 3. The van der Waals surface area contributed by atoms with Gasteiger partial charge in [0.15, 0.2) is 6.10 Å². The Labute approximate surface area is 452 Å². The molecule has 0 amide bonds. The van der Waals surface area contributed by atoms with Crippen LogP contribution in [0.4, 0.5) is 0 Å². The normalized spacial score (nSPS) is 13.9. The van der Waals surface area contributed by atoms with Gasteiger partial charge in [-0.05, 0) is 89.9 Å². The maximum Gasteiger partial charge on any atom is 0.472 e. The molecule has 0 saturated carbocycles. The van der Waals surface area contributed by atoms with E-state index in [4.69, 9.17) is 23.3 Å². The van der Waals surface area contributed by atoms with Crippen LogP contribution >= 0.6 is 7.82 Å². The Bertz CT molecular complexity index is 1520. The molecule has 428 valence electrons. The summed E-state index contributed by atoms with van der Waals surface area (Å²) in [5, 5.41) is 9.82. The SMILES string of the molecule is CC/C=C\C/C=C\C/C=C\C/C=C\CCCCCCC(=O)OC(COC(=O)CCCCCCCCC/C=C\C/C=C\CCCCC)COP(=O)(O)OCC(CO)OC(=O)CCCCCCCCCCCCCCC. The van der Waals surface area contributed by atoms with Gasteiger partial charge in [-0.2, -0.15) is 0 Å². The van der Waals surface area contributed by atoms with Gasteiger partial charge in [-0.3, -0.25) is 23.4 Å². The first-order valence-corrected chi connectivity index (χ1v) is 31.3. The number of allylic oxidation sites excluding steroid dienone is 12. The Kier molecular flexibility index (Phi) is 53.8. The molecule has 0 fully saturated rings. The Hall–Kier alpha value is -3.08. The van der Waals surface area contributed by atoms with Crippen LogP contribution in [-0.4, -0.2) is 66.5 Å². The van der Waals surface area contributed by atoms with Gasteiger partial charge in [-0.15, -0.1) is 0 Å². The van der Waals surface area contributed by atoms with Crippen LogP contribution in [0.1, 0.15) is 265 Å². The standard InChI is InChI=1S/C62H109O11P/c1-4-7-10-13-16-19-22-25-27-29-31-34-36-39-42-45-48-51-60(64)69-55-59(73-62(66)53-50-47-44-41-38-35-32-30-28-26-23-20-17-14-11-8-5-2)57-71-74(67,68)70-56-58(54-63)72-61(65)52-49-46-43-40-37-33-24-21-18-15-12-9-6-3/h8,11,16-17,19-20,25-28,32,35,58-59,63H,4-7,9-10,12-15,18,21-24,29-31,33-34,36-57H2,1-3H3,(H,67,68)/b11-8-,19-16-,20-17-,27-25-,28-26-,35-32-. The molecule has 3 atom stereocenters. The summed E-state index contributed by atoms with van der Waals surface area (Å²) in [4.78, 5) is 48.6. The van der Waals surface area contributed by atoms with Gasteiger partial charge in [0, 0.05) is 19.3 Å². The van der Waals surface area contributed by atoms with Crippen molar-refractivity contribution >= 4 is 25.7 Å². The van der Waals surface area contributed by atoms with E-state index < -0.39 is 57.8 Å². The molecule has 0 aliphatic rings. The van der Waals surface area contributed by atoms with Crippen molar-refractivity contribution in [1.29, 1.82) is 0 Å². The molecule has 12 heteroatoms. The second kappa shape index (κ2) is 56.1. The number of hydrogen-bond acceptors (Lipinski definition) is 10. The topological polar surface area (TPSA) is 155 Å². The molecule has 2 N–H and O–H groups in total. The summed E-state index contributed by atoms with van der Waals surface area (Å²) in [6.07, 6.45) is 62.8. The van der Waals surface area contributed by atoms with Crippen molar-refractivity contribution in [1.82, 2.24) is 0 Å². The number of aliphatic hydroxyl groups excluding tert-OH is 1. The number of esters is 3. The summed E-state index contributed by atoms with van der Waals surface area (Å²) in [6.45, 7) is 4.49. The lowest BCUT2D eigenvalue weighted by molar-refractivity contribution is -0.161. The highest BCUT2D eigenvalue weighted by Gasteiger charge is 2.28. The Morgan fingerprint density at radius 2 is 0.703 bits per heavy atom. The molecular weight excluding hydrogens is 952 g/mol. The summed E-state index contributed by atoms with van der Waals surface area (Å²) in [5.41, 5.74) is 0. The van der Waals surface area contributed by atoms with Crippen molar-refractivity contribution in [3.05, 3.63) is 72.9 Å². The van der Waals surface area contributed by atoms with Crippen LogP contribution in [0.25, 0.3) is 0 Å². The number of rotatable bonds is 55. The second-order valence-electron chi connectivity index (χ2n) is 19.8. The molecule has 0 bridgehead atoms. The van der Waals surface area contributed by atoms with E-state index in [0.717, 1.165) is 103 Å². The smallest absolute Gasteiger partial charge is 0.462 e. The lowest BCUT2D eigenvalue weighted by Gasteiger charge is -2.21. The number of phosphoric ester groups is 1. The molecular formula is C62H109O11P. The van der Waals surface area contributed by atoms with E-state index in [1.807, 2.05) is 0 Å². The molecule has 0 heterocycles. The molecule has 74 heavy (non-hydrogen) atoms. The highest BCUT2D eigenvalue weighted by Crippen LogP contribution is 2.43. The minimum Gasteiger partial charge on any atom is -0.462 e. The first-order chi connectivity index (χ1) is 36.2. The van der Waals surface area contributed by atoms with Gasteiger partial charge >= 0.3 is 25.7 Å². The molecule has 0 aromatic carbocycles. The zero-order chi connectivity index (χ0) is 54.1. The van der Waals surface area contributed by atoms with E-state index in [9.17, 15) is 28.9 Å². The molecule has 11 nitrogen and oxygen atoms in total. The number of unbranched alkanes of at least 4 members (excludes halogenated alkanes) is 26. The summed E-state index contributed by atoms with van der Waals surface area (Å²) < 4.78 is 39.5. The predicted molar refractivity (Wildman–Crippen MR) is 307 cm³/mol. The van der Waals surface area contributed by atoms with Crippen molar-refractivity contribution < 1.29 is 52.2 Å². The maximum absolute atomic E-state index is 12.9. The van der Waals surface area contributed by atoms with Gasteiger partial charge in [-0.1, -0.05) is 229 Å². The highest BCUT2D eigenvalue weighted by molar-refractivity contribution is 7.47. The maximum atomic E-state index is 12.9. The van der Waals surface area contributed by atoms with Crippen LogP contribution in [0.5, 0.6) is 0 Å². The fourth-order valence-electron chi connectivity index (χ4n) is 8.08. The minimum atomic E-state index is -4.76. The molecule has 0 aliphatic carbocycles. The zero-order valence-corrected chi connectivity index (χ0v) is 48.2. The van der Waals surface area contributed by atoms with E-state index >= 15 is 0 Å². The number of phosphoric acid groups is 1. The largest absolute Gasteiger partial charge is 0.472 e. The fraction of sp³-hybridized carbons (Fsp3) is 0.758. The molecule has 0 radical (unpaired) electrons. The van der Waals surface area contributed by atoms with Crippen molar-refractivity contribution in [2.75, 3.05) is 26.4 Å². The minimum absolute atomic E-state index is 0.137. The second-order valence-corrected chi connectivity index (χ2v) is 21.2. The molecule has 0 aliphatic heterocycles. The molecule has 3 unspecified atom stereocenters. The van der Waals surface area contributed by atoms with Gasteiger partial charge in [0.2, 0.25) is 0 Å². The molecule has 0 saturated heterocycles. The number of carbonyl (C=O) groups excluding carboxylic acids is 3. The summed E-state index contributed by atoms with van der Waals surface area (Å²) in [7, 11) is -4.76. The van der Waals surface area contributed by atoms with Crippen molar-refractivity contribution in [3.8, 4) is 0 Å². The predicted octanol–water partition coefficient (Wildman–Crippen LogP) is 17.7. The molecule has 0 rings (SSSR count). The van der Waals surface area contributed by atoms with Gasteiger partial charge in [0.05, 0.1) is 19.8 Å². The van der Waals surface area contributed by atoms with Crippen molar-refractivity contribution in [2.24, 2.45) is 0 Å². The monoisotopic (exact) mass is 1060 g/mol. The Morgan fingerprint density at radius 3 is 1.11 bits per heavy atom. The average Bonchev–Trinajstić information content (AvgIpc) is 3.39. The number of aliphatic hydroxyl groups is 1. The molecule has 0 spiro atoms. The average molecular weight is 1060 g/mol. The lowest BCUT2D eigenvalue weighted by Crippen LogP contribution is -2.30. The summed E-state index contributed by atoms with van der Waals surface area (Å²) >= 11 is 0. The van der Waals surface area contributed by atoms with Crippen LogP contribution in [0, 0.1) is 0 Å². The van der Waals surface area contributed by atoms with Crippen LogP contribution in [-0.2, 0) is 42.2 Å². The first-order valence-electron chi connectivity index (χ1n) is 29.8. The van der Waals surface area contributed by atoms with E-state index in [2.05, 4.69) is 93.7 Å². The van der Waals surface area contributed by atoms with Gasteiger partial charge in [-0.25, -0.2) is 4.57 Å². The van der Waals surface area contributed by atoms with Crippen molar-refractivity contribution in [2.45, 2.75) is 277 Å². The van der Waals surface area contributed by atoms with Crippen LogP contribution in [0.15, 0.2) is 72.9 Å². The van der Waals surface area contributed by atoms with Crippen LogP contribution in [0.3, 0.4) is 0 Å². The van der Waals surface area contributed by atoms with Gasteiger partial charge in [0.1, 0.15) is 12.7 Å². The quantitative estimate of drug-likeness (QED) is 0.0197. The van der Waals surface area contributed by atoms with Crippen LogP contribution in [0.2, 0.25) is 0 Å². The lowest BCUT2D eigenvalue weighted by atomic mass is 10.0. The Balaban J connectivity index is 4.77. The van der Waals surface area contributed by atoms with E-state index in [1.165, 1.54) is 103 Å². The van der Waals surface area contributed by atoms with Crippen LogP contribution < -0.4 is 0 Å². The number of ether oxygens (including phenoxy) is 3. The van der Waals surface area contributed by atoms with E-state index in [1.54, 1.807) is 0 Å². The van der Waals surface area contributed by atoms with E-state index in [-0.39, 0.29) is 25.9 Å². The third-order valence-electron chi connectivity index (χ3n) is 12.6. The summed E-state index contributed by atoms with van der Waals surface area (Å²) in [6, 6.07) is 0. The van der Waals surface area contributed by atoms with Gasteiger partial charge < -0.3 is 24.2 Å². The fourth-order valence-corrected chi connectivity index (χ4v) is 8.87. The molecule has 0 aromatic rings.